The molecular weight excluding hydrogens is 228 g/mol. The van der Waals surface area contributed by atoms with Crippen LogP contribution in [0.15, 0.2) is 0 Å². The van der Waals surface area contributed by atoms with Crippen molar-refractivity contribution >= 4 is 5.78 Å². The van der Waals surface area contributed by atoms with Crippen molar-refractivity contribution in [1.29, 1.82) is 0 Å². The van der Waals surface area contributed by atoms with Gasteiger partial charge in [0.1, 0.15) is 5.78 Å². The summed E-state index contributed by atoms with van der Waals surface area (Å²) in [7, 11) is 0. The first-order valence-corrected chi connectivity index (χ1v) is 7.45. The fraction of sp³-hybridized carbons (Fsp3) is 0.933. The van der Waals surface area contributed by atoms with E-state index in [0.717, 1.165) is 51.4 Å². The van der Waals surface area contributed by atoms with Gasteiger partial charge in [-0.2, -0.15) is 0 Å². The summed E-state index contributed by atoms with van der Waals surface area (Å²) in [4.78, 5) is 12.4. The Morgan fingerprint density at radius 2 is 1.44 bits per heavy atom. The number of hydrogen-bond acceptors (Lipinski definition) is 3. The highest BCUT2D eigenvalue weighted by molar-refractivity contribution is 5.85. The van der Waals surface area contributed by atoms with Crippen molar-refractivity contribution in [1.82, 2.24) is 0 Å². The van der Waals surface area contributed by atoms with Crippen LogP contribution in [0, 0.1) is 17.3 Å². The Bertz CT molecular complexity index is 271. The van der Waals surface area contributed by atoms with Gasteiger partial charge in [-0.3, -0.25) is 4.79 Å². The minimum atomic E-state index is -0.0298. The van der Waals surface area contributed by atoms with Crippen LogP contribution in [0.4, 0.5) is 0 Å². The highest BCUT2D eigenvalue weighted by Gasteiger charge is 2.44. The summed E-state index contributed by atoms with van der Waals surface area (Å²) in [5.74, 6) is 1.50. The van der Waals surface area contributed by atoms with E-state index in [9.17, 15) is 4.79 Å². The molecule has 0 aromatic rings. The first-order valence-electron chi connectivity index (χ1n) is 7.45. The smallest absolute Gasteiger partial charge is 0.139 e. The number of carbonyl (C=O) groups is 1. The molecule has 3 heteroatoms. The lowest BCUT2D eigenvalue weighted by atomic mass is 9.60. The Morgan fingerprint density at radius 1 is 0.944 bits per heavy atom. The molecule has 2 N–H and O–H groups in total. The molecule has 2 fully saturated rings. The zero-order chi connectivity index (χ0) is 13.0. The fourth-order valence-electron chi connectivity index (χ4n) is 3.86. The molecule has 0 bridgehead atoms. The molecule has 0 aliphatic heterocycles. The third kappa shape index (κ3) is 2.94. The lowest BCUT2D eigenvalue weighted by Gasteiger charge is -2.43. The van der Waals surface area contributed by atoms with Crippen molar-refractivity contribution in [3.05, 3.63) is 0 Å². The highest BCUT2D eigenvalue weighted by atomic mass is 16.3. The molecule has 0 saturated heterocycles. The Labute approximate surface area is 110 Å². The lowest BCUT2D eigenvalue weighted by molar-refractivity contribution is -0.136. The number of aliphatic hydroxyl groups is 2. The molecular formula is C15H26O3. The molecule has 1 unspecified atom stereocenters. The maximum atomic E-state index is 12.4. The van der Waals surface area contributed by atoms with Gasteiger partial charge in [-0.25, -0.2) is 0 Å². The van der Waals surface area contributed by atoms with Crippen molar-refractivity contribution in [3.63, 3.8) is 0 Å². The molecule has 0 aromatic carbocycles. The fourth-order valence-corrected chi connectivity index (χ4v) is 3.86. The summed E-state index contributed by atoms with van der Waals surface area (Å²) in [5, 5.41) is 17.9. The number of hydrogen-bond donors (Lipinski definition) is 2. The van der Waals surface area contributed by atoms with E-state index in [2.05, 4.69) is 0 Å². The quantitative estimate of drug-likeness (QED) is 0.809. The zero-order valence-electron chi connectivity index (χ0n) is 11.2. The molecule has 104 valence electrons. The van der Waals surface area contributed by atoms with Gasteiger partial charge in [0, 0.05) is 25.0 Å². The minimum absolute atomic E-state index is 0.0298. The van der Waals surface area contributed by atoms with Crippen LogP contribution in [0.2, 0.25) is 0 Å². The van der Waals surface area contributed by atoms with Crippen LogP contribution in [0.3, 0.4) is 0 Å². The molecule has 2 aliphatic rings. The molecule has 3 nitrogen and oxygen atoms in total. The van der Waals surface area contributed by atoms with Gasteiger partial charge in [0.25, 0.3) is 0 Å². The van der Waals surface area contributed by atoms with E-state index in [0.29, 0.717) is 24.0 Å². The van der Waals surface area contributed by atoms with Crippen LogP contribution >= 0.6 is 0 Å². The number of aliphatic hydroxyl groups excluding tert-OH is 2. The third-order valence-electron chi connectivity index (χ3n) is 5.23. The summed E-state index contributed by atoms with van der Waals surface area (Å²) >= 11 is 0. The van der Waals surface area contributed by atoms with Gasteiger partial charge >= 0.3 is 0 Å². The van der Waals surface area contributed by atoms with Crippen LogP contribution in [-0.2, 0) is 4.79 Å². The van der Waals surface area contributed by atoms with E-state index in [1.54, 1.807) is 0 Å². The predicted octanol–water partition coefficient (Wildman–Crippen LogP) is 2.30. The van der Waals surface area contributed by atoms with Gasteiger partial charge < -0.3 is 10.2 Å². The standard InChI is InChI=1S/C15H26O3/c16-9-4-12-1-6-15(7-2-12)8-3-13(5-10-17)11-14(15)18/h12-13,16-17H,1-11H2. The number of carbonyl (C=O) groups excluding carboxylic acids is 1. The van der Waals surface area contributed by atoms with E-state index in [1.807, 2.05) is 0 Å². The van der Waals surface area contributed by atoms with Gasteiger partial charge in [0.05, 0.1) is 0 Å². The van der Waals surface area contributed by atoms with Crippen LogP contribution in [0.1, 0.15) is 57.8 Å². The van der Waals surface area contributed by atoms with E-state index in [-0.39, 0.29) is 18.6 Å². The zero-order valence-corrected chi connectivity index (χ0v) is 11.2. The summed E-state index contributed by atoms with van der Waals surface area (Å²) in [6.45, 7) is 0.494. The Morgan fingerprint density at radius 3 is 1.94 bits per heavy atom. The summed E-state index contributed by atoms with van der Waals surface area (Å²) in [5.41, 5.74) is -0.0298. The Kier molecular flexibility index (Phi) is 4.79. The minimum Gasteiger partial charge on any atom is -0.396 e. The van der Waals surface area contributed by atoms with Crippen molar-refractivity contribution < 1.29 is 15.0 Å². The van der Waals surface area contributed by atoms with E-state index in [4.69, 9.17) is 10.2 Å². The Hall–Kier alpha value is -0.410. The van der Waals surface area contributed by atoms with Crippen LogP contribution < -0.4 is 0 Å². The monoisotopic (exact) mass is 254 g/mol. The van der Waals surface area contributed by atoms with Crippen LogP contribution in [0.5, 0.6) is 0 Å². The predicted molar refractivity (Wildman–Crippen MR) is 70.1 cm³/mol. The first kappa shape index (κ1) is 14.0. The molecule has 0 amide bonds. The maximum Gasteiger partial charge on any atom is 0.139 e. The molecule has 0 heterocycles. The second-order valence-electron chi connectivity index (χ2n) is 6.28. The van der Waals surface area contributed by atoms with Crippen molar-refractivity contribution in [2.24, 2.45) is 17.3 Å². The SMILES string of the molecule is O=C1CC(CCO)CCC12CCC(CCO)CC2. The second-order valence-corrected chi connectivity index (χ2v) is 6.28. The van der Waals surface area contributed by atoms with Gasteiger partial charge in [-0.15, -0.1) is 0 Å². The molecule has 2 aliphatic carbocycles. The second kappa shape index (κ2) is 6.16. The normalized spacial score (nSPS) is 37.1. The number of rotatable bonds is 4. The topological polar surface area (TPSA) is 57.5 Å². The molecule has 18 heavy (non-hydrogen) atoms. The summed E-state index contributed by atoms with van der Waals surface area (Å²) in [6.07, 6.45) is 8.79. The van der Waals surface area contributed by atoms with Gasteiger partial charge in [-0.1, -0.05) is 0 Å². The molecule has 2 saturated carbocycles. The number of Topliss-reactive ketones (excluding diaryl/α,β-unsaturated/α-hetero) is 1. The average Bonchev–Trinajstić information content (AvgIpc) is 2.37. The van der Waals surface area contributed by atoms with Crippen molar-refractivity contribution in [2.75, 3.05) is 13.2 Å². The molecule has 1 spiro atoms. The largest absolute Gasteiger partial charge is 0.396 e. The third-order valence-corrected chi connectivity index (χ3v) is 5.23. The van der Waals surface area contributed by atoms with Crippen LogP contribution in [-0.4, -0.2) is 29.2 Å². The van der Waals surface area contributed by atoms with E-state index in [1.165, 1.54) is 0 Å². The highest BCUT2D eigenvalue weighted by Crippen LogP contribution is 2.48. The van der Waals surface area contributed by atoms with E-state index >= 15 is 0 Å². The molecule has 2 rings (SSSR count). The number of ketones is 1. The van der Waals surface area contributed by atoms with E-state index < -0.39 is 0 Å². The molecule has 0 aromatic heterocycles. The van der Waals surface area contributed by atoms with Crippen molar-refractivity contribution in [2.45, 2.75) is 57.8 Å². The maximum absolute atomic E-state index is 12.4. The average molecular weight is 254 g/mol. The Balaban J connectivity index is 1.88. The summed E-state index contributed by atoms with van der Waals surface area (Å²) in [6, 6.07) is 0. The van der Waals surface area contributed by atoms with Gasteiger partial charge in [0.15, 0.2) is 0 Å². The van der Waals surface area contributed by atoms with Gasteiger partial charge in [0.2, 0.25) is 0 Å². The molecule has 0 radical (unpaired) electrons. The summed E-state index contributed by atoms with van der Waals surface area (Å²) < 4.78 is 0. The van der Waals surface area contributed by atoms with Crippen molar-refractivity contribution in [3.8, 4) is 0 Å². The van der Waals surface area contributed by atoms with Gasteiger partial charge in [-0.05, 0) is 63.2 Å². The first-order chi connectivity index (χ1) is 8.70. The lowest BCUT2D eigenvalue weighted by Crippen LogP contribution is -2.40. The molecule has 1 atom stereocenters. The van der Waals surface area contributed by atoms with Crippen LogP contribution in [0.25, 0.3) is 0 Å².